The summed E-state index contributed by atoms with van der Waals surface area (Å²) in [6.07, 6.45) is 2.31. The van der Waals surface area contributed by atoms with E-state index in [0.717, 1.165) is 58.8 Å². The van der Waals surface area contributed by atoms with Crippen LogP contribution < -0.4 is 10.1 Å². The van der Waals surface area contributed by atoms with Gasteiger partial charge in [-0.3, -0.25) is 0 Å². The van der Waals surface area contributed by atoms with Crippen LogP contribution in [0.2, 0.25) is 0 Å². The van der Waals surface area contributed by atoms with Crippen LogP contribution >= 0.6 is 11.3 Å². The van der Waals surface area contributed by atoms with Gasteiger partial charge in [-0.15, -0.1) is 11.3 Å². The molecule has 0 radical (unpaired) electrons. The third-order valence-corrected chi connectivity index (χ3v) is 7.43. The Bertz CT molecular complexity index is 1310. The zero-order valence-electron chi connectivity index (χ0n) is 18.2. The Morgan fingerprint density at radius 2 is 2.09 bits per heavy atom. The summed E-state index contributed by atoms with van der Waals surface area (Å²) in [5.41, 5.74) is 7.75. The minimum absolute atomic E-state index is 0.340. The molecule has 8 nitrogen and oxygen atoms in total. The van der Waals surface area contributed by atoms with Crippen molar-refractivity contribution in [2.45, 2.75) is 50.7 Å². The minimum atomic E-state index is -1.01. The van der Waals surface area contributed by atoms with Crippen molar-refractivity contribution in [3.63, 3.8) is 0 Å². The number of aliphatic hydroxyl groups excluding tert-OH is 2. The molecule has 0 spiro atoms. The lowest BCUT2D eigenvalue weighted by Crippen LogP contribution is -2.34. The number of benzene rings is 1. The molecule has 3 aromatic heterocycles. The smallest absolute Gasteiger partial charge is 0.143 e. The first-order chi connectivity index (χ1) is 16.1. The third-order valence-electron chi connectivity index (χ3n) is 6.85. The van der Waals surface area contributed by atoms with Gasteiger partial charge in [0.05, 0.1) is 22.9 Å². The van der Waals surface area contributed by atoms with Crippen LogP contribution in [-0.4, -0.2) is 54.6 Å². The lowest BCUT2D eigenvalue weighted by molar-refractivity contribution is -0.0166. The van der Waals surface area contributed by atoms with E-state index in [9.17, 15) is 10.2 Å². The summed E-state index contributed by atoms with van der Waals surface area (Å²) in [6.45, 7) is 3.57. The van der Waals surface area contributed by atoms with Crippen molar-refractivity contribution < 1.29 is 14.9 Å². The van der Waals surface area contributed by atoms with Crippen LogP contribution in [-0.2, 0) is 13.0 Å². The van der Waals surface area contributed by atoms with Crippen molar-refractivity contribution in [2.24, 2.45) is 0 Å². The molecule has 1 aliphatic heterocycles. The molecule has 1 aromatic carbocycles. The average Bonchev–Trinajstić information content (AvgIpc) is 3.56. The van der Waals surface area contributed by atoms with Gasteiger partial charge in [-0.2, -0.15) is 0 Å². The summed E-state index contributed by atoms with van der Waals surface area (Å²) < 4.78 is 8.37. The maximum absolute atomic E-state index is 10.9. The molecule has 9 heteroatoms. The Kier molecular flexibility index (Phi) is 5.14. The number of aryl methyl sites for hydroxylation is 1. The van der Waals surface area contributed by atoms with E-state index in [1.807, 2.05) is 40.7 Å². The second-order valence-corrected chi connectivity index (χ2v) is 9.49. The second kappa shape index (κ2) is 8.18. The molecule has 170 valence electrons. The number of hydrogen-bond acceptors (Lipinski definition) is 8. The van der Waals surface area contributed by atoms with Crippen molar-refractivity contribution in [3.05, 3.63) is 58.4 Å². The SMILES string of the molecule is Cc1ncnc2c1ccn2[C@@H]1C[C@H](Oc2cc(-c3cscn3)cc3c2CNCC3)[C@@H](O)[C@H]1O. The van der Waals surface area contributed by atoms with E-state index in [1.165, 1.54) is 11.9 Å². The van der Waals surface area contributed by atoms with Gasteiger partial charge in [0.2, 0.25) is 0 Å². The van der Waals surface area contributed by atoms with Crippen LogP contribution in [0.3, 0.4) is 0 Å². The van der Waals surface area contributed by atoms with E-state index in [2.05, 4.69) is 26.3 Å². The number of ether oxygens (including phenoxy) is 1. The van der Waals surface area contributed by atoms with Gasteiger partial charge in [0.1, 0.15) is 36.0 Å². The molecule has 3 N–H and O–H groups in total. The molecule has 4 heterocycles. The molecular weight excluding hydrogens is 438 g/mol. The van der Waals surface area contributed by atoms with Crippen LogP contribution in [0.25, 0.3) is 22.3 Å². The van der Waals surface area contributed by atoms with Gasteiger partial charge in [0.15, 0.2) is 0 Å². The average molecular weight is 464 g/mol. The van der Waals surface area contributed by atoms with E-state index in [1.54, 1.807) is 11.3 Å². The number of aliphatic hydroxyl groups is 2. The summed E-state index contributed by atoms with van der Waals surface area (Å²) in [7, 11) is 0. The number of fused-ring (bicyclic) bond motifs is 2. The highest BCUT2D eigenvalue weighted by atomic mass is 32.1. The summed E-state index contributed by atoms with van der Waals surface area (Å²) in [4.78, 5) is 13.1. The lowest BCUT2D eigenvalue weighted by Gasteiger charge is -2.25. The highest BCUT2D eigenvalue weighted by molar-refractivity contribution is 7.07. The van der Waals surface area contributed by atoms with Crippen molar-refractivity contribution in [3.8, 4) is 17.0 Å². The normalized spacial score (nSPS) is 24.8. The Hall–Kier alpha value is -2.85. The molecule has 4 atom stereocenters. The summed E-state index contributed by atoms with van der Waals surface area (Å²) in [5.74, 6) is 0.745. The molecule has 1 fully saturated rings. The van der Waals surface area contributed by atoms with Crippen molar-refractivity contribution in [1.82, 2.24) is 24.8 Å². The maximum atomic E-state index is 10.9. The number of rotatable bonds is 4. The zero-order valence-corrected chi connectivity index (χ0v) is 19.0. The Morgan fingerprint density at radius 1 is 1.18 bits per heavy atom. The molecule has 0 unspecified atom stereocenters. The van der Waals surface area contributed by atoms with Gasteiger partial charge in [-0.05, 0) is 43.7 Å². The van der Waals surface area contributed by atoms with E-state index in [-0.39, 0.29) is 6.04 Å². The minimum Gasteiger partial charge on any atom is -0.487 e. The topological polar surface area (TPSA) is 105 Å². The summed E-state index contributed by atoms with van der Waals surface area (Å²) in [5, 5.41) is 28.2. The summed E-state index contributed by atoms with van der Waals surface area (Å²) >= 11 is 1.56. The summed E-state index contributed by atoms with van der Waals surface area (Å²) in [6, 6.07) is 5.81. The number of aromatic nitrogens is 4. The van der Waals surface area contributed by atoms with Gasteiger partial charge in [0, 0.05) is 41.1 Å². The van der Waals surface area contributed by atoms with Gasteiger partial charge < -0.3 is 24.8 Å². The molecule has 0 bridgehead atoms. The highest BCUT2D eigenvalue weighted by Gasteiger charge is 2.44. The highest BCUT2D eigenvalue weighted by Crippen LogP contribution is 2.39. The van der Waals surface area contributed by atoms with Crippen molar-refractivity contribution in [1.29, 1.82) is 0 Å². The molecule has 0 saturated heterocycles. The van der Waals surface area contributed by atoms with Crippen LogP contribution in [0, 0.1) is 6.92 Å². The van der Waals surface area contributed by atoms with Crippen LogP contribution in [0.1, 0.15) is 29.3 Å². The predicted octanol–water partition coefficient (Wildman–Crippen LogP) is 2.62. The monoisotopic (exact) mass is 463 g/mol. The molecule has 2 aliphatic rings. The molecule has 4 aromatic rings. The van der Waals surface area contributed by atoms with Crippen molar-refractivity contribution in [2.75, 3.05) is 6.54 Å². The fraction of sp³-hybridized carbons (Fsp3) is 0.375. The first-order valence-electron chi connectivity index (χ1n) is 11.2. The van der Waals surface area contributed by atoms with Gasteiger partial charge >= 0.3 is 0 Å². The zero-order chi connectivity index (χ0) is 22.5. The fourth-order valence-electron chi connectivity index (χ4n) is 5.06. The second-order valence-electron chi connectivity index (χ2n) is 8.77. The number of nitrogens with one attached hydrogen (secondary N) is 1. The quantitative estimate of drug-likeness (QED) is 0.427. The molecule has 0 amide bonds. The van der Waals surface area contributed by atoms with Crippen LogP contribution in [0.5, 0.6) is 5.75 Å². The number of nitrogens with zero attached hydrogens (tertiary/aromatic N) is 4. The Balaban J connectivity index is 1.33. The van der Waals surface area contributed by atoms with Crippen molar-refractivity contribution >= 4 is 22.4 Å². The molecule has 1 saturated carbocycles. The maximum Gasteiger partial charge on any atom is 0.143 e. The third kappa shape index (κ3) is 3.52. The largest absolute Gasteiger partial charge is 0.487 e. The van der Waals surface area contributed by atoms with Gasteiger partial charge in [-0.25, -0.2) is 15.0 Å². The fourth-order valence-corrected chi connectivity index (χ4v) is 5.62. The number of hydrogen-bond donors (Lipinski definition) is 3. The molecule has 6 rings (SSSR count). The van der Waals surface area contributed by atoms with E-state index >= 15 is 0 Å². The standard InChI is InChI=1S/C24H25N5O3S/c1-13-16-3-5-29(24(16)27-11-26-13)19-8-21(23(31)22(19)30)32-20-7-15(18-10-33-12-28-18)6-14-2-4-25-9-17(14)20/h3,5-7,10-12,19,21-23,25,30-31H,2,4,8-9H2,1H3/t19-,21+,22+,23-/m1/s1. The number of thiazole rings is 1. The predicted molar refractivity (Wildman–Crippen MR) is 125 cm³/mol. The van der Waals surface area contributed by atoms with E-state index < -0.39 is 18.3 Å². The molecule has 33 heavy (non-hydrogen) atoms. The van der Waals surface area contributed by atoms with E-state index in [4.69, 9.17) is 4.74 Å². The van der Waals surface area contributed by atoms with Gasteiger partial charge in [-0.1, -0.05) is 0 Å². The molecule has 1 aliphatic carbocycles. The van der Waals surface area contributed by atoms with Crippen LogP contribution in [0.4, 0.5) is 0 Å². The lowest BCUT2D eigenvalue weighted by atomic mass is 9.96. The van der Waals surface area contributed by atoms with Crippen LogP contribution in [0.15, 0.2) is 41.6 Å². The Morgan fingerprint density at radius 3 is 2.94 bits per heavy atom. The Labute approximate surface area is 194 Å². The van der Waals surface area contributed by atoms with Gasteiger partial charge in [0.25, 0.3) is 0 Å². The first-order valence-corrected chi connectivity index (χ1v) is 12.1. The molecular formula is C24H25N5O3S. The first kappa shape index (κ1) is 20.7. The van der Waals surface area contributed by atoms with E-state index in [0.29, 0.717) is 6.42 Å².